The van der Waals surface area contributed by atoms with Crippen LogP contribution in [0.25, 0.3) is 0 Å². The van der Waals surface area contributed by atoms with Crippen LogP contribution in [0.15, 0.2) is 36.5 Å². The van der Waals surface area contributed by atoms with Crippen LogP contribution in [-0.4, -0.2) is 16.4 Å². The van der Waals surface area contributed by atoms with E-state index < -0.39 is 0 Å². The molecule has 0 bridgehead atoms. The quantitative estimate of drug-likeness (QED) is 0.634. The molecule has 1 aromatic carbocycles. The van der Waals surface area contributed by atoms with Gasteiger partial charge in [0.05, 0.1) is 12.3 Å². The number of benzene rings is 1. The van der Waals surface area contributed by atoms with Crippen molar-refractivity contribution in [2.75, 3.05) is 12.3 Å². The molecule has 90 valence electrons. The van der Waals surface area contributed by atoms with E-state index in [9.17, 15) is 0 Å². The maximum Gasteiger partial charge on any atom is 0.119 e. The molecule has 0 radical (unpaired) electrons. The van der Waals surface area contributed by atoms with Crippen LogP contribution in [0.3, 0.4) is 0 Å². The van der Waals surface area contributed by atoms with Crippen molar-refractivity contribution in [2.24, 2.45) is 0 Å². The Kier molecular flexibility index (Phi) is 3.65. The first kappa shape index (κ1) is 11.5. The van der Waals surface area contributed by atoms with Gasteiger partial charge in [-0.3, -0.25) is 4.68 Å². The van der Waals surface area contributed by atoms with Gasteiger partial charge in [0.15, 0.2) is 0 Å². The summed E-state index contributed by atoms with van der Waals surface area (Å²) in [7, 11) is 0. The number of nitrogens with two attached hydrogens (primary N) is 1. The molecule has 0 saturated carbocycles. The molecule has 2 aromatic rings. The van der Waals surface area contributed by atoms with Crippen LogP contribution in [-0.2, 0) is 6.54 Å². The fourth-order valence-corrected chi connectivity index (χ4v) is 1.57. The van der Waals surface area contributed by atoms with E-state index in [0.717, 1.165) is 30.1 Å². The lowest BCUT2D eigenvalue weighted by atomic mass is 10.3. The summed E-state index contributed by atoms with van der Waals surface area (Å²) in [5, 5.41) is 4.31. The zero-order valence-electron chi connectivity index (χ0n) is 9.97. The lowest BCUT2D eigenvalue weighted by Crippen LogP contribution is -2.05. The van der Waals surface area contributed by atoms with Gasteiger partial charge in [0.2, 0.25) is 0 Å². The van der Waals surface area contributed by atoms with E-state index in [-0.39, 0.29) is 0 Å². The molecule has 2 N–H and O–H groups in total. The Bertz CT molecular complexity index is 462. The fraction of sp³-hybridized carbons (Fsp3) is 0.308. The summed E-state index contributed by atoms with van der Waals surface area (Å²) in [6.07, 6.45) is 2.92. The molecule has 0 aliphatic carbocycles. The number of rotatable bonds is 5. The van der Waals surface area contributed by atoms with Crippen molar-refractivity contribution in [3.8, 4) is 5.75 Å². The van der Waals surface area contributed by atoms with Crippen LogP contribution in [0, 0.1) is 6.92 Å². The van der Waals surface area contributed by atoms with E-state index in [1.165, 1.54) is 0 Å². The molecule has 0 aliphatic heterocycles. The summed E-state index contributed by atoms with van der Waals surface area (Å²) in [6, 6.07) is 9.44. The molecule has 1 aromatic heterocycles. The summed E-state index contributed by atoms with van der Waals surface area (Å²) in [5.41, 5.74) is 7.39. The Labute approximate surface area is 101 Å². The predicted molar refractivity (Wildman–Crippen MR) is 67.9 cm³/mol. The SMILES string of the molecule is Cc1ccn(CCCOc2ccc(N)cc2)n1. The monoisotopic (exact) mass is 231 g/mol. The van der Waals surface area contributed by atoms with E-state index in [1.807, 2.05) is 48.1 Å². The lowest BCUT2D eigenvalue weighted by molar-refractivity contribution is 0.298. The molecule has 0 spiro atoms. The van der Waals surface area contributed by atoms with Gasteiger partial charge in [0.25, 0.3) is 0 Å². The van der Waals surface area contributed by atoms with E-state index >= 15 is 0 Å². The van der Waals surface area contributed by atoms with Crippen molar-refractivity contribution in [3.05, 3.63) is 42.2 Å². The summed E-state index contributed by atoms with van der Waals surface area (Å²) >= 11 is 0. The maximum absolute atomic E-state index is 5.59. The summed E-state index contributed by atoms with van der Waals surface area (Å²) in [6.45, 7) is 3.55. The first-order valence-electron chi connectivity index (χ1n) is 5.72. The minimum absolute atomic E-state index is 0.683. The third-order valence-electron chi connectivity index (χ3n) is 2.45. The molecule has 0 fully saturated rings. The molecule has 17 heavy (non-hydrogen) atoms. The molecular weight excluding hydrogens is 214 g/mol. The van der Waals surface area contributed by atoms with Gasteiger partial charge >= 0.3 is 0 Å². The van der Waals surface area contributed by atoms with Gasteiger partial charge in [-0.25, -0.2) is 0 Å². The average molecular weight is 231 g/mol. The molecule has 0 saturated heterocycles. The fourth-order valence-electron chi connectivity index (χ4n) is 1.57. The zero-order valence-corrected chi connectivity index (χ0v) is 9.97. The van der Waals surface area contributed by atoms with E-state index in [2.05, 4.69) is 5.10 Å². The van der Waals surface area contributed by atoms with Crippen LogP contribution < -0.4 is 10.5 Å². The maximum atomic E-state index is 5.59. The van der Waals surface area contributed by atoms with Crippen LogP contribution in [0.5, 0.6) is 5.75 Å². The number of nitrogen functional groups attached to an aromatic ring is 1. The van der Waals surface area contributed by atoms with Crippen molar-refractivity contribution in [2.45, 2.75) is 19.9 Å². The minimum atomic E-state index is 0.683. The minimum Gasteiger partial charge on any atom is -0.494 e. The topological polar surface area (TPSA) is 53.1 Å². The number of ether oxygens (including phenoxy) is 1. The van der Waals surface area contributed by atoms with E-state index in [4.69, 9.17) is 10.5 Å². The summed E-state index contributed by atoms with van der Waals surface area (Å²) in [4.78, 5) is 0. The van der Waals surface area contributed by atoms with E-state index in [0.29, 0.717) is 6.61 Å². The molecular formula is C13H17N3O. The van der Waals surface area contributed by atoms with Crippen LogP contribution in [0.4, 0.5) is 5.69 Å². The highest BCUT2D eigenvalue weighted by atomic mass is 16.5. The standard InChI is InChI=1S/C13H17N3O/c1-11-7-9-16(15-11)8-2-10-17-13-5-3-12(14)4-6-13/h3-7,9H,2,8,10,14H2,1H3. The number of aromatic nitrogens is 2. The Morgan fingerprint density at radius 2 is 2.00 bits per heavy atom. The molecule has 0 aliphatic rings. The Morgan fingerprint density at radius 1 is 1.24 bits per heavy atom. The highest BCUT2D eigenvalue weighted by Gasteiger charge is 1.96. The van der Waals surface area contributed by atoms with Crippen LogP contribution >= 0.6 is 0 Å². The second kappa shape index (κ2) is 5.39. The number of nitrogens with zero attached hydrogens (tertiary/aromatic N) is 2. The summed E-state index contributed by atoms with van der Waals surface area (Å²) < 4.78 is 7.53. The molecule has 2 rings (SSSR count). The van der Waals surface area contributed by atoms with Gasteiger partial charge in [-0.05, 0) is 37.3 Å². The third kappa shape index (κ3) is 3.52. The number of hydrogen-bond donors (Lipinski definition) is 1. The van der Waals surface area contributed by atoms with Crippen LogP contribution in [0.2, 0.25) is 0 Å². The smallest absolute Gasteiger partial charge is 0.119 e. The average Bonchev–Trinajstić information content (AvgIpc) is 2.73. The zero-order chi connectivity index (χ0) is 12.1. The third-order valence-corrected chi connectivity index (χ3v) is 2.45. The predicted octanol–water partition coefficient (Wildman–Crippen LogP) is 2.24. The van der Waals surface area contributed by atoms with Crippen molar-refractivity contribution < 1.29 is 4.74 Å². The van der Waals surface area contributed by atoms with Crippen molar-refractivity contribution in [3.63, 3.8) is 0 Å². The second-order valence-electron chi connectivity index (χ2n) is 3.99. The van der Waals surface area contributed by atoms with Gasteiger partial charge in [0.1, 0.15) is 5.75 Å². The molecule has 0 amide bonds. The Hall–Kier alpha value is -1.97. The van der Waals surface area contributed by atoms with Crippen molar-refractivity contribution >= 4 is 5.69 Å². The second-order valence-corrected chi connectivity index (χ2v) is 3.99. The molecule has 4 heteroatoms. The number of anilines is 1. The highest BCUT2D eigenvalue weighted by molar-refractivity contribution is 5.41. The van der Waals surface area contributed by atoms with Crippen molar-refractivity contribution in [1.29, 1.82) is 0 Å². The molecule has 0 atom stereocenters. The van der Waals surface area contributed by atoms with Crippen molar-refractivity contribution in [1.82, 2.24) is 9.78 Å². The summed E-state index contributed by atoms with van der Waals surface area (Å²) in [5.74, 6) is 0.857. The first-order valence-corrected chi connectivity index (χ1v) is 5.72. The molecule has 4 nitrogen and oxygen atoms in total. The Balaban J connectivity index is 1.71. The van der Waals surface area contributed by atoms with Crippen LogP contribution in [0.1, 0.15) is 12.1 Å². The largest absolute Gasteiger partial charge is 0.494 e. The lowest BCUT2D eigenvalue weighted by Gasteiger charge is -2.06. The van der Waals surface area contributed by atoms with Gasteiger partial charge in [0, 0.05) is 24.8 Å². The van der Waals surface area contributed by atoms with Gasteiger partial charge < -0.3 is 10.5 Å². The van der Waals surface area contributed by atoms with Gasteiger partial charge in [-0.2, -0.15) is 5.10 Å². The highest BCUT2D eigenvalue weighted by Crippen LogP contribution is 2.13. The van der Waals surface area contributed by atoms with Gasteiger partial charge in [-0.15, -0.1) is 0 Å². The molecule has 1 heterocycles. The molecule has 0 unspecified atom stereocenters. The Morgan fingerprint density at radius 3 is 2.65 bits per heavy atom. The first-order chi connectivity index (χ1) is 8.24. The number of aryl methyl sites for hydroxylation is 2. The van der Waals surface area contributed by atoms with E-state index in [1.54, 1.807) is 0 Å². The van der Waals surface area contributed by atoms with Gasteiger partial charge in [-0.1, -0.05) is 0 Å². The normalized spacial score (nSPS) is 10.4. The number of hydrogen-bond acceptors (Lipinski definition) is 3.